The van der Waals surface area contributed by atoms with Crippen molar-refractivity contribution in [2.75, 3.05) is 26.2 Å². The predicted molar refractivity (Wildman–Crippen MR) is 112 cm³/mol. The van der Waals surface area contributed by atoms with E-state index in [1.165, 1.54) is 12.1 Å². The average molecular weight is 398 g/mol. The first-order valence-electron chi connectivity index (χ1n) is 9.54. The first-order valence-corrected chi connectivity index (χ1v) is 11.1. The van der Waals surface area contributed by atoms with E-state index in [-0.39, 0.29) is 4.90 Å². The second-order valence-electron chi connectivity index (χ2n) is 7.05. The summed E-state index contributed by atoms with van der Waals surface area (Å²) in [6.45, 7) is 14.0. The molecule has 8 heteroatoms. The molecule has 1 aromatic rings. The molecule has 0 atom stereocenters. The van der Waals surface area contributed by atoms with Gasteiger partial charge in [-0.25, -0.2) is 13.6 Å². The van der Waals surface area contributed by atoms with Crippen LogP contribution in [0.25, 0.3) is 0 Å². The molecule has 0 aliphatic heterocycles. The van der Waals surface area contributed by atoms with Gasteiger partial charge in [0.15, 0.2) is 5.96 Å². The van der Waals surface area contributed by atoms with Crippen LogP contribution < -0.4 is 15.8 Å². The van der Waals surface area contributed by atoms with Crippen LogP contribution in [0.15, 0.2) is 34.2 Å². The Hall–Kier alpha value is -1.64. The lowest BCUT2D eigenvalue weighted by Crippen LogP contribution is -2.41. The highest BCUT2D eigenvalue weighted by molar-refractivity contribution is 7.89. The molecule has 27 heavy (non-hydrogen) atoms. The number of nitrogens with one attached hydrogen (secondary N) is 2. The minimum Gasteiger partial charge on any atom is -0.357 e. The Kier molecular flexibility index (Phi) is 9.76. The number of hydrogen-bond acceptors (Lipinski definition) is 4. The maximum Gasteiger partial charge on any atom is 0.238 e. The third kappa shape index (κ3) is 8.73. The summed E-state index contributed by atoms with van der Waals surface area (Å²) < 4.78 is 22.6. The molecule has 0 aliphatic rings. The molecule has 0 aliphatic carbocycles. The van der Waals surface area contributed by atoms with Crippen LogP contribution in [-0.2, 0) is 16.4 Å². The van der Waals surface area contributed by atoms with E-state index in [0.29, 0.717) is 18.6 Å². The summed E-state index contributed by atoms with van der Waals surface area (Å²) >= 11 is 0. The highest BCUT2D eigenvalue weighted by Crippen LogP contribution is 2.09. The zero-order valence-corrected chi connectivity index (χ0v) is 18.0. The molecular formula is C19H35N5O2S. The van der Waals surface area contributed by atoms with Crippen molar-refractivity contribution in [2.45, 2.75) is 58.0 Å². The standard InChI is InChI=1S/C19H35N5O2S/c1-6-21-19(23-13-14-24(15(2)3)16(4)5)22-12-11-17-7-9-18(10-8-17)27(20,25)26/h7-10,15-16H,6,11-14H2,1-5H3,(H2,20,25,26)(H2,21,22,23). The van der Waals surface area contributed by atoms with Crippen LogP contribution in [0, 0.1) is 0 Å². The number of benzene rings is 1. The van der Waals surface area contributed by atoms with Gasteiger partial charge >= 0.3 is 0 Å². The first-order chi connectivity index (χ1) is 12.6. The smallest absolute Gasteiger partial charge is 0.238 e. The van der Waals surface area contributed by atoms with Crippen molar-refractivity contribution in [1.82, 2.24) is 15.5 Å². The van der Waals surface area contributed by atoms with Crippen LogP contribution in [0.4, 0.5) is 0 Å². The summed E-state index contributed by atoms with van der Waals surface area (Å²) in [5, 5.41) is 11.7. The van der Waals surface area contributed by atoms with Gasteiger partial charge in [0.2, 0.25) is 10.0 Å². The Bertz CT molecular complexity index is 677. The van der Waals surface area contributed by atoms with Crippen LogP contribution in [0.3, 0.4) is 0 Å². The summed E-state index contributed by atoms with van der Waals surface area (Å²) in [5.74, 6) is 0.797. The number of guanidine groups is 1. The van der Waals surface area contributed by atoms with Gasteiger partial charge in [-0.3, -0.25) is 9.89 Å². The lowest BCUT2D eigenvalue weighted by atomic mass is 10.1. The van der Waals surface area contributed by atoms with Crippen LogP contribution in [-0.4, -0.2) is 57.5 Å². The Morgan fingerprint density at radius 2 is 1.70 bits per heavy atom. The molecular weight excluding hydrogens is 362 g/mol. The van der Waals surface area contributed by atoms with Crippen molar-refractivity contribution in [3.8, 4) is 0 Å². The summed E-state index contributed by atoms with van der Waals surface area (Å²) in [6, 6.07) is 7.64. The van der Waals surface area contributed by atoms with Gasteiger partial charge in [-0.05, 0) is 58.7 Å². The summed E-state index contributed by atoms with van der Waals surface area (Å²) in [5.41, 5.74) is 1.04. The topological polar surface area (TPSA) is 99.8 Å². The molecule has 0 saturated heterocycles. The third-order valence-electron chi connectivity index (χ3n) is 4.26. The number of sulfonamides is 1. The Morgan fingerprint density at radius 3 is 2.19 bits per heavy atom. The van der Waals surface area contributed by atoms with E-state index >= 15 is 0 Å². The van der Waals surface area contributed by atoms with Gasteiger partial charge in [0.1, 0.15) is 0 Å². The molecule has 0 heterocycles. The minimum absolute atomic E-state index is 0.133. The summed E-state index contributed by atoms with van der Waals surface area (Å²) in [7, 11) is -3.64. The molecule has 4 N–H and O–H groups in total. The predicted octanol–water partition coefficient (Wildman–Crippen LogP) is 1.55. The van der Waals surface area contributed by atoms with E-state index in [9.17, 15) is 8.42 Å². The molecule has 0 fully saturated rings. The van der Waals surface area contributed by atoms with Crippen molar-refractivity contribution in [1.29, 1.82) is 0 Å². The second-order valence-corrected chi connectivity index (χ2v) is 8.61. The number of primary sulfonamides is 1. The lowest BCUT2D eigenvalue weighted by Gasteiger charge is -2.29. The van der Waals surface area contributed by atoms with E-state index in [4.69, 9.17) is 5.14 Å². The van der Waals surface area contributed by atoms with Crippen molar-refractivity contribution >= 4 is 16.0 Å². The Labute approximate surface area is 164 Å². The van der Waals surface area contributed by atoms with E-state index in [1.54, 1.807) is 12.1 Å². The average Bonchev–Trinajstić information content (AvgIpc) is 2.57. The zero-order chi connectivity index (χ0) is 20.4. The third-order valence-corrected chi connectivity index (χ3v) is 5.19. The largest absolute Gasteiger partial charge is 0.357 e. The fourth-order valence-electron chi connectivity index (χ4n) is 2.90. The van der Waals surface area contributed by atoms with E-state index in [1.807, 2.05) is 6.92 Å². The van der Waals surface area contributed by atoms with E-state index < -0.39 is 10.0 Å². The molecule has 0 radical (unpaired) electrons. The van der Waals surface area contributed by atoms with Crippen LogP contribution in [0.5, 0.6) is 0 Å². The molecule has 0 bridgehead atoms. The van der Waals surface area contributed by atoms with Crippen molar-refractivity contribution in [2.24, 2.45) is 10.1 Å². The maximum atomic E-state index is 11.3. The number of aliphatic imine (C=N–C) groups is 1. The summed E-state index contributed by atoms with van der Waals surface area (Å²) in [6.07, 6.45) is 0.763. The fraction of sp³-hybridized carbons (Fsp3) is 0.632. The van der Waals surface area contributed by atoms with Gasteiger partial charge in [0, 0.05) is 31.7 Å². The Morgan fingerprint density at radius 1 is 1.11 bits per heavy atom. The quantitative estimate of drug-likeness (QED) is 0.411. The highest BCUT2D eigenvalue weighted by Gasteiger charge is 2.12. The van der Waals surface area contributed by atoms with Gasteiger partial charge in [0.25, 0.3) is 0 Å². The number of nitrogens with two attached hydrogens (primary N) is 1. The fourth-order valence-corrected chi connectivity index (χ4v) is 3.42. The molecule has 0 spiro atoms. The molecule has 0 unspecified atom stereocenters. The minimum atomic E-state index is -3.64. The zero-order valence-electron chi connectivity index (χ0n) is 17.2. The second kappa shape index (κ2) is 11.3. The molecule has 0 saturated carbocycles. The SMILES string of the molecule is CCNC(=NCCN(C(C)C)C(C)C)NCCc1ccc(S(N)(=O)=O)cc1. The Balaban J connectivity index is 2.54. The van der Waals surface area contributed by atoms with Gasteiger partial charge in [0.05, 0.1) is 11.4 Å². The monoisotopic (exact) mass is 397 g/mol. The van der Waals surface area contributed by atoms with Crippen LogP contribution >= 0.6 is 0 Å². The number of nitrogens with zero attached hydrogens (tertiary/aromatic N) is 2. The maximum absolute atomic E-state index is 11.3. The van der Waals surface area contributed by atoms with Crippen molar-refractivity contribution in [3.05, 3.63) is 29.8 Å². The highest BCUT2D eigenvalue weighted by atomic mass is 32.2. The van der Waals surface area contributed by atoms with Gasteiger partial charge in [-0.15, -0.1) is 0 Å². The van der Waals surface area contributed by atoms with Crippen LogP contribution in [0.1, 0.15) is 40.2 Å². The van der Waals surface area contributed by atoms with Gasteiger partial charge in [-0.1, -0.05) is 12.1 Å². The van der Waals surface area contributed by atoms with Crippen LogP contribution in [0.2, 0.25) is 0 Å². The number of hydrogen-bond donors (Lipinski definition) is 3. The molecule has 0 amide bonds. The molecule has 1 aromatic carbocycles. The molecule has 0 aromatic heterocycles. The molecule has 7 nitrogen and oxygen atoms in total. The lowest BCUT2D eigenvalue weighted by molar-refractivity contribution is 0.181. The number of rotatable bonds is 10. The normalized spacial score (nSPS) is 12.9. The van der Waals surface area contributed by atoms with Crippen molar-refractivity contribution in [3.63, 3.8) is 0 Å². The first kappa shape index (κ1) is 23.4. The van der Waals surface area contributed by atoms with E-state index in [2.05, 4.69) is 48.2 Å². The molecule has 1 rings (SSSR count). The summed E-state index contributed by atoms with van der Waals surface area (Å²) in [4.78, 5) is 7.20. The van der Waals surface area contributed by atoms with Gasteiger partial charge in [-0.2, -0.15) is 0 Å². The van der Waals surface area contributed by atoms with E-state index in [0.717, 1.165) is 37.6 Å². The van der Waals surface area contributed by atoms with Crippen molar-refractivity contribution < 1.29 is 8.42 Å². The molecule has 154 valence electrons. The van der Waals surface area contributed by atoms with Gasteiger partial charge < -0.3 is 10.6 Å².